The topological polar surface area (TPSA) is 52.3 Å². The summed E-state index contributed by atoms with van der Waals surface area (Å²) in [4.78, 5) is 11.5. The van der Waals surface area contributed by atoms with Gasteiger partial charge in [-0.25, -0.2) is 4.79 Å². The zero-order chi connectivity index (χ0) is 13.8. The molecular formula is C11H12F3NO2S. The Kier molecular flexibility index (Phi) is 4.89. The fourth-order valence-electron chi connectivity index (χ4n) is 1.23. The van der Waals surface area contributed by atoms with Crippen molar-refractivity contribution < 1.29 is 22.7 Å². The van der Waals surface area contributed by atoms with E-state index >= 15 is 0 Å². The minimum Gasteiger partial charge on any atom is -0.461 e. The van der Waals surface area contributed by atoms with E-state index in [0.29, 0.717) is 5.56 Å². The summed E-state index contributed by atoms with van der Waals surface area (Å²) in [6.07, 6.45) is 0. The summed E-state index contributed by atoms with van der Waals surface area (Å²) in [7, 11) is 0. The lowest BCUT2D eigenvalue weighted by molar-refractivity contribution is -0.0331. The Hall–Kier alpha value is -1.37. The minimum absolute atomic E-state index is 0.173. The van der Waals surface area contributed by atoms with Crippen LogP contribution in [0, 0.1) is 6.92 Å². The molecular weight excluding hydrogens is 267 g/mol. The van der Waals surface area contributed by atoms with Crippen LogP contribution in [0.3, 0.4) is 0 Å². The number of anilines is 1. The largest absolute Gasteiger partial charge is 0.461 e. The van der Waals surface area contributed by atoms with Gasteiger partial charge in [0.2, 0.25) is 0 Å². The van der Waals surface area contributed by atoms with Crippen molar-refractivity contribution in [2.75, 3.05) is 18.1 Å². The number of thioether (sulfide) groups is 1. The van der Waals surface area contributed by atoms with Crippen LogP contribution in [0.25, 0.3) is 0 Å². The van der Waals surface area contributed by atoms with E-state index < -0.39 is 11.5 Å². The molecule has 7 heteroatoms. The molecule has 2 N–H and O–H groups in total. The predicted molar refractivity (Wildman–Crippen MR) is 64.4 cm³/mol. The summed E-state index contributed by atoms with van der Waals surface area (Å²) in [5, 5.41) is 0. The van der Waals surface area contributed by atoms with Crippen LogP contribution in [-0.2, 0) is 4.74 Å². The highest BCUT2D eigenvalue weighted by molar-refractivity contribution is 8.00. The number of halogens is 3. The van der Waals surface area contributed by atoms with E-state index in [1.165, 1.54) is 6.07 Å². The maximum absolute atomic E-state index is 11.8. The molecule has 0 aliphatic heterocycles. The average molecular weight is 279 g/mol. The van der Waals surface area contributed by atoms with Crippen molar-refractivity contribution in [2.45, 2.75) is 12.4 Å². The molecule has 0 aliphatic carbocycles. The molecule has 0 spiro atoms. The standard InChI is InChI=1S/C11H12F3NO2S/c1-7-3-2-4-8(9(7)15)10(16)17-5-6-18-11(12,13)14/h2-4H,5-6,15H2,1H3. The van der Waals surface area contributed by atoms with Crippen LogP contribution >= 0.6 is 11.8 Å². The number of esters is 1. The van der Waals surface area contributed by atoms with Gasteiger partial charge in [-0.15, -0.1) is 0 Å². The van der Waals surface area contributed by atoms with Gasteiger partial charge in [-0.1, -0.05) is 12.1 Å². The molecule has 0 aliphatic rings. The normalized spacial score (nSPS) is 11.3. The number of carbonyl (C=O) groups is 1. The van der Waals surface area contributed by atoms with Crippen LogP contribution < -0.4 is 5.73 Å². The molecule has 0 aromatic heterocycles. The SMILES string of the molecule is Cc1cccc(C(=O)OCCSC(F)(F)F)c1N. The quantitative estimate of drug-likeness (QED) is 0.523. The molecule has 0 amide bonds. The second kappa shape index (κ2) is 5.99. The summed E-state index contributed by atoms with van der Waals surface area (Å²) >= 11 is -0.230. The number of carbonyl (C=O) groups excluding carboxylic acids is 1. The molecule has 0 bridgehead atoms. The van der Waals surface area contributed by atoms with E-state index in [2.05, 4.69) is 0 Å². The first-order chi connectivity index (χ1) is 8.31. The lowest BCUT2D eigenvalue weighted by Gasteiger charge is -2.09. The second-order valence-electron chi connectivity index (χ2n) is 3.47. The van der Waals surface area contributed by atoms with Crippen molar-refractivity contribution in [2.24, 2.45) is 0 Å². The molecule has 3 nitrogen and oxygen atoms in total. The summed E-state index contributed by atoms with van der Waals surface area (Å²) in [5.74, 6) is -1.04. The smallest absolute Gasteiger partial charge is 0.441 e. The molecule has 1 aromatic carbocycles. The number of hydrogen-bond acceptors (Lipinski definition) is 4. The van der Waals surface area contributed by atoms with Crippen LogP contribution in [-0.4, -0.2) is 23.8 Å². The molecule has 1 aromatic rings. The molecule has 0 saturated heterocycles. The summed E-state index contributed by atoms with van der Waals surface area (Å²) < 4.78 is 40.2. The molecule has 0 unspecified atom stereocenters. The number of alkyl halides is 3. The highest BCUT2D eigenvalue weighted by Gasteiger charge is 2.27. The number of hydrogen-bond donors (Lipinski definition) is 1. The van der Waals surface area contributed by atoms with Crippen molar-refractivity contribution in [3.63, 3.8) is 0 Å². The Labute approximate surface area is 106 Å². The lowest BCUT2D eigenvalue weighted by Crippen LogP contribution is -2.12. The number of nitrogen functional groups attached to an aromatic ring is 1. The summed E-state index contributed by atoms with van der Waals surface area (Å²) in [5.41, 5.74) is 2.53. The monoisotopic (exact) mass is 279 g/mol. The fourth-order valence-corrected chi connectivity index (χ4v) is 1.63. The minimum atomic E-state index is -4.31. The van der Waals surface area contributed by atoms with Gasteiger partial charge in [0.25, 0.3) is 0 Å². The van der Waals surface area contributed by atoms with Crippen LogP contribution in [0.15, 0.2) is 18.2 Å². The third-order valence-electron chi connectivity index (χ3n) is 2.13. The Bertz CT molecular complexity index is 435. The third kappa shape index (κ3) is 4.48. The van der Waals surface area contributed by atoms with Crippen molar-refractivity contribution in [3.8, 4) is 0 Å². The van der Waals surface area contributed by atoms with Gasteiger partial charge in [0.15, 0.2) is 0 Å². The van der Waals surface area contributed by atoms with Gasteiger partial charge in [0.1, 0.15) is 6.61 Å². The van der Waals surface area contributed by atoms with Crippen LogP contribution in [0.1, 0.15) is 15.9 Å². The Morgan fingerprint density at radius 2 is 2.11 bits per heavy atom. The van der Waals surface area contributed by atoms with Crippen LogP contribution in [0.4, 0.5) is 18.9 Å². The highest BCUT2D eigenvalue weighted by atomic mass is 32.2. The summed E-state index contributed by atoms with van der Waals surface area (Å²) in [6, 6.07) is 4.83. The lowest BCUT2D eigenvalue weighted by atomic mass is 10.1. The third-order valence-corrected chi connectivity index (χ3v) is 2.82. The van der Waals surface area contributed by atoms with Crippen molar-refractivity contribution in [1.29, 1.82) is 0 Å². The van der Waals surface area contributed by atoms with E-state index in [0.717, 1.165) is 0 Å². The molecule has 0 radical (unpaired) electrons. The Morgan fingerprint density at radius 3 is 2.72 bits per heavy atom. The van der Waals surface area contributed by atoms with Gasteiger partial charge in [0.05, 0.1) is 5.56 Å². The van der Waals surface area contributed by atoms with E-state index in [-0.39, 0.29) is 35.4 Å². The average Bonchev–Trinajstić information content (AvgIpc) is 2.26. The second-order valence-corrected chi connectivity index (χ2v) is 4.63. The molecule has 100 valence electrons. The van der Waals surface area contributed by atoms with Gasteiger partial charge in [-0.05, 0) is 30.3 Å². The Morgan fingerprint density at radius 1 is 1.44 bits per heavy atom. The first-order valence-electron chi connectivity index (χ1n) is 5.04. The maximum Gasteiger partial charge on any atom is 0.441 e. The van der Waals surface area contributed by atoms with Gasteiger partial charge >= 0.3 is 11.5 Å². The predicted octanol–water partition coefficient (Wildman–Crippen LogP) is 2.99. The molecule has 0 atom stereocenters. The molecule has 1 rings (SSSR count). The van der Waals surface area contributed by atoms with Crippen LogP contribution in [0.5, 0.6) is 0 Å². The van der Waals surface area contributed by atoms with E-state index in [1.54, 1.807) is 19.1 Å². The number of ether oxygens (including phenoxy) is 1. The van der Waals surface area contributed by atoms with E-state index in [4.69, 9.17) is 10.5 Å². The highest BCUT2D eigenvalue weighted by Crippen LogP contribution is 2.29. The first kappa shape index (κ1) is 14.7. The van der Waals surface area contributed by atoms with E-state index in [9.17, 15) is 18.0 Å². The van der Waals surface area contributed by atoms with Crippen molar-refractivity contribution >= 4 is 23.4 Å². The number of rotatable bonds is 4. The number of aryl methyl sites for hydroxylation is 1. The van der Waals surface area contributed by atoms with Gasteiger partial charge in [-0.2, -0.15) is 13.2 Å². The molecule has 0 fully saturated rings. The Balaban J connectivity index is 2.49. The zero-order valence-corrected chi connectivity index (χ0v) is 10.4. The maximum atomic E-state index is 11.8. The van der Waals surface area contributed by atoms with Gasteiger partial charge in [-0.3, -0.25) is 0 Å². The van der Waals surface area contributed by atoms with Crippen molar-refractivity contribution in [1.82, 2.24) is 0 Å². The molecule has 18 heavy (non-hydrogen) atoms. The molecule has 0 saturated carbocycles. The summed E-state index contributed by atoms with van der Waals surface area (Å²) in [6.45, 7) is 1.42. The van der Waals surface area contributed by atoms with Gasteiger partial charge in [0, 0.05) is 11.4 Å². The fraction of sp³-hybridized carbons (Fsp3) is 0.364. The van der Waals surface area contributed by atoms with Crippen molar-refractivity contribution in [3.05, 3.63) is 29.3 Å². The zero-order valence-electron chi connectivity index (χ0n) is 9.58. The number of para-hydroxylation sites is 1. The van der Waals surface area contributed by atoms with Crippen LogP contribution in [0.2, 0.25) is 0 Å². The van der Waals surface area contributed by atoms with E-state index in [1.807, 2.05) is 0 Å². The van der Waals surface area contributed by atoms with Gasteiger partial charge < -0.3 is 10.5 Å². The number of benzene rings is 1. The molecule has 0 heterocycles. The number of nitrogens with two attached hydrogens (primary N) is 1. The first-order valence-corrected chi connectivity index (χ1v) is 6.02.